The molecule has 0 bridgehead atoms. The maximum atomic E-state index is 12.1. The first-order valence-corrected chi connectivity index (χ1v) is 7.17. The molecule has 8 heteroatoms. The lowest BCUT2D eigenvalue weighted by molar-refractivity contribution is -0.147. The van der Waals surface area contributed by atoms with Crippen LogP contribution in [-0.2, 0) is 20.9 Å². The average molecular weight is 316 g/mol. The number of aliphatic carboxylic acids is 1. The van der Waals surface area contributed by atoms with Gasteiger partial charge in [-0.1, -0.05) is 35.5 Å². The monoisotopic (exact) mass is 316 g/mol. The van der Waals surface area contributed by atoms with Gasteiger partial charge in [-0.25, -0.2) is 9.48 Å². The van der Waals surface area contributed by atoms with E-state index in [1.807, 2.05) is 30.3 Å². The zero-order chi connectivity index (χ0) is 16.3. The number of hydrogen-bond acceptors (Lipinski definition) is 5. The van der Waals surface area contributed by atoms with Gasteiger partial charge in [0, 0.05) is 18.6 Å². The molecule has 1 aliphatic heterocycles. The standard InChI is InChI=1S/C15H16N4O4/c20-13(16-15(14(21)22)6-7-23-10-15)9-19-8-12(17-18-19)11-4-2-1-3-5-11/h1-5,8H,6-7,9-10H2,(H,16,20)(H,21,22). The lowest BCUT2D eigenvalue weighted by atomic mass is 9.99. The van der Waals surface area contributed by atoms with Gasteiger partial charge in [-0.3, -0.25) is 4.79 Å². The van der Waals surface area contributed by atoms with Crippen molar-refractivity contribution in [2.45, 2.75) is 18.5 Å². The van der Waals surface area contributed by atoms with E-state index < -0.39 is 17.4 Å². The molecule has 1 unspecified atom stereocenters. The maximum Gasteiger partial charge on any atom is 0.331 e. The molecule has 1 aromatic carbocycles. The smallest absolute Gasteiger partial charge is 0.331 e. The molecule has 2 aromatic rings. The van der Waals surface area contributed by atoms with Gasteiger partial charge >= 0.3 is 5.97 Å². The Bertz CT molecular complexity index is 707. The Morgan fingerprint density at radius 2 is 2.13 bits per heavy atom. The van der Waals surface area contributed by atoms with Crippen LogP contribution in [0.5, 0.6) is 0 Å². The summed E-state index contributed by atoms with van der Waals surface area (Å²) in [5, 5.41) is 19.8. The highest BCUT2D eigenvalue weighted by atomic mass is 16.5. The minimum atomic E-state index is -1.35. The third-order valence-corrected chi connectivity index (χ3v) is 3.72. The van der Waals surface area contributed by atoms with Crippen molar-refractivity contribution < 1.29 is 19.4 Å². The quantitative estimate of drug-likeness (QED) is 0.822. The molecule has 1 aromatic heterocycles. The van der Waals surface area contributed by atoms with Crippen LogP contribution < -0.4 is 5.32 Å². The van der Waals surface area contributed by atoms with Crippen molar-refractivity contribution in [1.29, 1.82) is 0 Å². The molecule has 1 atom stereocenters. The first-order valence-electron chi connectivity index (χ1n) is 7.17. The molecule has 0 saturated carbocycles. The summed E-state index contributed by atoms with van der Waals surface area (Å²) in [5.74, 6) is -1.53. The number of amides is 1. The van der Waals surface area contributed by atoms with Crippen LogP contribution in [0.4, 0.5) is 0 Å². The summed E-state index contributed by atoms with van der Waals surface area (Å²) >= 11 is 0. The zero-order valence-electron chi connectivity index (χ0n) is 12.3. The molecule has 1 aliphatic rings. The van der Waals surface area contributed by atoms with E-state index in [0.29, 0.717) is 12.3 Å². The van der Waals surface area contributed by atoms with E-state index in [0.717, 1.165) is 5.56 Å². The summed E-state index contributed by atoms with van der Waals surface area (Å²) in [6.07, 6.45) is 1.90. The Hall–Kier alpha value is -2.74. The number of carbonyl (C=O) groups is 2. The van der Waals surface area contributed by atoms with E-state index >= 15 is 0 Å². The van der Waals surface area contributed by atoms with Gasteiger partial charge in [0.25, 0.3) is 0 Å². The van der Waals surface area contributed by atoms with E-state index in [4.69, 9.17) is 4.74 Å². The summed E-state index contributed by atoms with van der Waals surface area (Å²) in [7, 11) is 0. The van der Waals surface area contributed by atoms with E-state index in [2.05, 4.69) is 15.6 Å². The molecule has 0 aliphatic carbocycles. The van der Waals surface area contributed by atoms with Gasteiger partial charge in [0.1, 0.15) is 12.2 Å². The number of rotatable bonds is 5. The molecule has 120 valence electrons. The lowest BCUT2D eigenvalue weighted by Crippen LogP contribution is -2.55. The van der Waals surface area contributed by atoms with Crippen molar-refractivity contribution in [2.75, 3.05) is 13.2 Å². The van der Waals surface area contributed by atoms with E-state index in [9.17, 15) is 14.7 Å². The molecule has 1 amide bonds. The average Bonchev–Trinajstić information content (AvgIpc) is 3.18. The molecular weight excluding hydrogens is 300 g/mol. The maximum absolute atomic E-state index is 12.1. The Kier molecular flexibility index (Phi) is 4.07. The topological polar surface area (TPSA) is 106 Å². The van der Waals surface area contributed by atoms with Gasteiger partial charge in [-0.15, -0.1) is 5.10 Å². The van der Waals surface area contributed by atoms with Crippen molar-refractivity contribution in [3.8, 4) is 11.3 Å². The van der Waals surface area contributed by atoms with Crippen molar-refractivity contribution in [3.63, 3.8) is 0 Å². The summed E-state index contributed by atoms with van der Waals surface area (Å²) in [5.41, 5.74) is 0.195. The van der Waals surface area contributed by atoms with Crippen molar-refractivity contribution in [3.05, 3.63) is 36.5 Å². The van der Waals surface area contributed by atoms with Crippen LogP contribution in [0.1, 0.15) is 6.42 Å². The van der Waals surface area contributed by atoms with Crippen molar-refractivity contribution >= 4 is 11.9 Å². The normalized spacial score (nSPS) is 20.3. The number of carboxylic acids is 1. The Balaban J connectivity index is 1.67. The molecule has 3 rings (SSSR count). The SMILES string of the molecule is O=C(Cn1cc(-c2ccccc2)nn1)NC1(C(=O)O)CCOC1. The van der Waals surface area contributed by atoms with Crippen LogP contribution in [0.15, 0.2) is 36.5 Å². The number of carboxylic acid groups (broad SMARTS) is 1. The van der Waals surface area contributed by atoms with Crippen LogP contribution in [0.3, 0.4) is 0 Å². The molecule has 2 N–H and O–H groups in total. The highest BCUT2D eigenvalue weighted by Gasteiger charge is 2.43. The first kappa shape index (κ1) is 15.2. The zero-order valence-corrected chi connectivity index (χ0v) is 12.3. The summed E-state index contributed by atoms with van der Waals surface area (Å²) in [4.78, 5) is 23.5. The van der Waals surface area contributed by atoms with Crippen LogP contribution in [0.2, 0.25) is 0 Å². The number of benzene rings is 1. The van der Waals surface area contributed by atoms with Gasteiger partial charge in [0.15, 0.2) is 5.54 Å². The number of ether oxygens (including phenoxy) is 1. The molecule has 0 radical (unpaired) electrons. The second kappa shape index (κ2) is 6.17. The Morgan fingerprint density at radius 3 is 2.78 bits per heavy atom. The minimum Gasteiger partial charge on any atom is -0.479 e. The van der Waals surface area contributed by atoms with Gasteiger partial charge in [0.05, 0.1) is 12.8 Å². The molecule has 1 saturated heterocycles. The number of nitrogens with zero attached hydrogens (tertiary/aromatic N) is 3. The number of carbonyl (C=O) groups excluding carboxylic acids is 1. The predicted molar refractivity (Wildman–Crippen MR) is 79.4 cm³/mol. The second-order valence-electron chi connectivity index (χ2n) is 5.41. The van der Waals surface area contributed by atoms with Crippen LogP contribution in [0.25, 0.3) is 11.3 Å². The van der Waals surface area contributed by atoms with E-state index in [-0.39, 0.29) is 19.6 Å². The largest absolute Gasteiger partial charge is 0.479 e. The number of nitrogens with one attached hydrogen (secondary N) is 1. The summed E-state index contributed by atoms with van der Waals surface area (Å²) in [6.45, 7) is 0.184. The van der Waals surface area contributed by atoms with E-state index in [1.165, 1.54) is 4.68 Å². The molecule has 8 nitrogen and oxygen atoms in total. The highest BCUT2D eigenvalue weighted by Crippen LogP contribution is 2.19. The van der Waals surface area contributed by atoms with Crippen LogP contribution >= 0.6 is 0 Å². The van der Waals surface area contributed by atoms with Crippen molar-refractivity contribution in [2.24, 2.45) is 0 Å². The van der Waals surface area contributed by atoms with Gasteiger partial charge in [0.2, 0.25) is 5.91 Å². The van der Waals surface area contributed by atoms with Crippen LogP contribution in [-0.4, -0.2) is 50.7 Å². The number of aromatic nitrogens is 3. The fourth-order valence-electron chi connectivity index (χ4n) is 2.46. The molecule has 23 heavy (non-hydrogen) atoms. The van der Waals surface area contributed by atoms with E-state index in [1.54, 1.807) is 6.20 Å². The van der Waals surface area contributed by atoms with Gasteiger partial charge in [-0.2, -0.15) is 0 Å². The fraction of sp³-hybridized carbons (Fsp3) is 0.333. The third-order valence-electron chi connectivity index (χ3n) is 3.72. The second-order valence-corrected chi connectivity index (χ2v) is 5.41. The number of hydrogen-bond donors (Lipinski definition) is 2. The highest BCUT2D eigenvalue weighted by molar-refractivity contribution is 5.87. The third kappa shape index (κ3) is 3.21. The first-order chi connectivity index (χ1) is 11.1. The molecule has 2 heterocycles. The fourth-order valence-corrected chi connectivity index (χ4v) is 2.46. The van der Waals surface area contributed by atoms with Crippen LogP contribution in [0, 0.1) is 0 Å². The van der Waals surface area contributed by atoms with Gasteiger partial charge < -0.3 is 15.2 Å². The Labute approximate surface area is 132 Å². The molecule has 1 fully saturated rings. The molecular formula is C15H16N4O4. The predicted octanol–water partition coefficient (Wildman–Crippen LogP) is 0.305. The molecule has 0 spiro atoms. The van der Waals surface area contributed by atoms with Gasteiger partial charge in [-0.05, 0) is 0 Å². The Morgan fingerprint density at radius 1 is 1.35 bits per heavy atom. The lowest BCUT2D eigenvalue weighted by Gasteiger charge is -2.23. The summed E-state index contributed by atoms with van der Waals surface area (Å²) < 4.78 is 6.48. The summed E-state index contributed by atoms with van der Waals surface area (Å²) in [6, 6.07) is 9.46. The van der Waals surface area contributed by atoms with Crippen molar-refractivity contribution in [1.82, 2.24) is 20.3 Å². The minimum absolute atomic E-state index is 0.0271.